The normalized spacial score (nSPS) is 11.8. The number of thioether (sulfide) groups is 2. The number of hydrogen-bond donors (Lipinski definition) is 0. The summed E-state index contributed by atoms with van der Waals surface area (Å²) in [4.78, 5) is 37.8. The van der Waals surface area contributed by atoms with Gasteiger partial charge in [0.2, 0.25) is 15.7 Å². The zero-order valence-electron chi connectivity index (χ0n) is 14.7. The molecule has 0 unspecified atom stereocenters. The van der Waals surface area contributed by atoms with Crippen LogP contribution in [0.25, 0.3) is 21.9 Å². The Kier molecular flexibility index (Phi) is 5.98. The minimum absolute atomic E-state index is 0.108. The average Bonchev–Trinajstić information content (AvgIpc) is 2.63. The van der Waals surface area contributed by atoms with Crippen LogP contribution in [0.15, 0.2) is 79.7 Å². The number of hydrogen-bond acceptors (Lipinski definition) is 6. The van der Waals surface area contributed by atoms with E-state index in [0.29, 0.717) is 31.7 Å². The molecule has 4 nitrogen and oxygen atoms in total. The fraction of sp³-hybridized carbons (Fsp3) is 0.0952. The van der Waals surface area contributed by atoms with E-state index in [1.807, 2.05) is 0 Å². The van der Waals surface area contributed by atoms with Gasteiger partial charge in [-0.2, -0.15) is 0 Å². The van der Waals surface area contributed by atoms with E-state index in [2.05, 4.69) is 0 Å². The molecule has 136 valence electrons. The maximum Gasteiger partial charge on any atom is 0.216 e. The smallest absolute Gasteiger partial charge is 0.216 e. The Bertz CT molecular complexity index is 1070. The Hall–Kier alpha value is -2.57. The predicted octanol–water partition coefficient (Wildman–Crippen LogP) is 5.34. The second-order valence-electron chi connectivity index (χ2n) is 5.59. The van der Waals surface area contributed by atoms with E-state index in [4.69, 9.17) is 4.42 Å². The lowest BCUT2D eigenvalue weighted by molar-refractivity contribution is -0.107. The highest BCUT2D eigenvalue weighted by Gasteiger charge is 2.11. The lowest BCUT2D eigenvalue weighted by atomic mass is 10.1. The van der Waals surface area contributed by atoms with Crippen LogP contribution in [0.2, 0.25) is 0 Å². The van der Waals surface area contributed by atoms with Gasteiger partial charge in [-0.25, -0.2) is 0 Å². The molecular formula is C21H16O4S2. The molecule has 0 aliphatic rings. The molecular weight excluding hydrogens is 380 g/mol. The summed E-state index contributed by atoms with van der Waals surface area (Å²) >= 11 is 2.10. The summed E-state index contributed by atoms with van der Waals surface area (Å²) in [5.41, 5.74) is 0.731. The summed E-state index contributed by atoms with van der Waals surface area (Å²) < 4.78 is 5.83. The number of carbonyl (C=O) groups is 2. The van der Waals surface area contributed by atoms with Crippen LogP contribution in [-0.2, 0) is 9.59 Å². The van der Waals surface area contributed by atoms with Crippen LogP contribution in [0.4, 0.5) is 0 Å². The largest absolute Gasteiger partial charge is 0.456 e. The van der Waals surface area contributed by atoms with Crippen LogP contribution >= 0.6 is 23.5 Å². The van der Waals surface area contributed by atoms with E-state index in [1.54, 1.807) is 62.4 Å². The van der Waals surface area contributed by atoms with Crippen LogP contribution in [0, 0.1) is 0 Å². The predicted molar refractivity (Wildman–Crippen MR) is 111 cm³/mol. The minimum Gasteiger partial charge on any atom is -0.456 e. The fourth-order valence-electron chi connectivity index (χ4n) is 2.51. The number of fused-ring (bicyclic) bond motifs is 2. The third kappa shape index (κ3) is 4.40. The summed E-state index contributed by atoms with van der Waals surface area (Å²) in [5, 5.41) is 0.594. The van der Waals surface area contributed by atoms with E-state index in [1.165, 1.54) is 12.2 Å². The van der Waals surface area contributed by atoms with Gasteiger partial charge in [-0.3, -0.25) is 14.4 Å². The topological polar surface area (TPSA) is 64.3 Å². The molecule has 0 amide bonds. The monoisotopic (exact) mass is 396 g/mol. The molecule has 3 rings (SSSR count). The van der Waals surface area contributed by atoms with Gasteiger partial charge in [-0.05, 0) is 85.9 Å². The molecule has 1 heterocycles. The first-order valence-corrected chi connectivity index (χ1v) is 9.84. The van der Waals surface area contributed by atoms with Crippen molar-refractivity contribution in [3.63, 3.8) is 0 Å². The Morgan fingerprint density at radius 2 is 1.26 bits per heavy atom. The van der Waals surface area contributed by atoms with Gasteiger partial charge in [0.1, 0.15) is 11.2 Å². The molecule has 0 fully saturated rings. The minimum atomic E-state index is -0.187. The first-order valence-electron chi connectivity index (χ1n) is 8.21. The van der Waals surface area contributed by atoms with Gasteiger partial charge >= 0.3 is 0 Å². The van der Waals surface area contributed by atoms with E-state index < -0.39 is 0 Å². The third-order valence-corrected chi connectivity index (χ3v) is 5.31. The first-order chi connectivity index (χ1) is 13.0. The van der Waals surface area contributed by atoms with Gasteiger partial charge < -0.3 is 4.42 Å². The van der Waals surface area contributed by atoms with E-state index in [-0.39, 0.29) is 15.7 Å². The zero-order valence-corrected chi connectivity index (χ0v) is 16.4. The standard InChI is InChI=1S/C21H16O4S2/c1-3-5-19(22)26-13-7-9-17-15(11-13)21(24)16-12-14(8-10-18(16)25-17)27-20(23)6-4-2/h3-12H,1-2H3. The first kappa shape index (κ1) is 19.2. The quantitative estimate of drug-likeness (QED) is 0.337. The van der Waals surface area contributed by atoms with Crippen molar-refractivity contribution in [2.45, 2.75) is 23.6 Å². The highest BCUT2D eigenvalue weighted by atomic mass is 32.2. The molecule has 6 heteroatoms. The Balaban J connectivity index is 2.07. The van der Waals surface area contributed by atoms with Gasteiger partial charge in [-0.15, -0.1) is 0 Å². The lowest BCUT2D eigenvalue weighted by Gasteiger charge is -2.05. The van der Waals surface area contributed by atoms with Crippen molar-refractivity contribution in [2.75, 3.05) is 0 Å². The number of carbonyl (C=O) groups excluding carboxylic acids is 2. The molecule has 0 bridgehead atoms. The molecule has 0 radical (unpaired) electrons. The van der Waals surface area contributed by atoms with Crippen LogP contribution in [0.5, 0.6) is 0 Å². The maximum atomic E-state index is 12.9. The van der Waals surface area contributed by atoms with Crippen molar-refractivity contribution in [1.82, 2.24) is 0 Å². The third-order valence-electron chi connectivity index (χ3n) is 3.65. The fourth-order valence-corrected chi connectivity index (χ4v) is 4.01. The van der Waals surface area contributed by atoms with Crippen LogP contribution < -0.4 is 5.43 Å². The lowest BCUT2D eigenvalue weighted by Crippen LogP contribution is -2.02. The second kappa shape index (κ2) is 8.41. The molecule has 0 saturated carbocycles. The van der Waals surface area contributed by atoms with Crippen molar-refractivity contribution in [3.05, 3.63) is 70.9 Å². The maximum absolute atomic E-state index is 12.9. The zero-order chi connectivity index (χ0) is 19.4. The molecule has 3 aromatic rings. The molecule has 1 aromatic heterocycles. The van der Waals surface area contributed by atoms with Gasteiger partial charge in [0.25, 0.3) is 0 Å². The van der Waals surface area contributed by atoms with Crippen LogP contribution in [0.3, 0.4) is 0 Å². The van der Waals surface area contributed by atoms with Crippen molar-refractivity contribution < 1.29 is 14.0 Å². The van der Waals surface area contributed by atoms with E-state index in [9.17, 15) is 14.4 Å². The summed E-state index contributed by atoms with van der Waals surface area (Å²) in [6.45, 7) is 3.55. The molecule has 0 N–H and O–H groups in total. The molecule has 0 spiro atoms. The average molecular weight is 396 g/mol. The molecule has 0 atom stereocenters. The molecule has 0 aliphatic heterocycles. The van der Waals surface area contributed by atoms with Gasteiger partial charge in [0, 0.05) is 9.79 Å². The highest BCUT2D eigenvalue weighted by molar-refractivity contribution is 8.14. The summed E-state index contributed by atoms with van der Waals surface area (Å²) in [6.07, 6.45) is 6.30. The summed E-state index contributed by atoms with van der Waals surface area (Å²) in [5.74, 6) is 0. The SMILES string of the molecule is CC=CC(=O)Sc1ccc2oc3ccc(SC(=O)C=CC)cc3c(=O)c2c1. The van der Waals surface area contributed by atoms with Gasteiger partial charge in [0.15, 0.2) is 0 Å². The number of benzene rings is 2. The van der Waals surface area contributed by atoms with Crippen molar-refractivity contribution in [2.24, 2.45) is 0 Å². The Morgan fingerprint density at radius 1 is 0.815 bits per heavy atom. The number of rotatable bonds is 4. The van der Waals surface area contributed by atoms with Crippen LogP contribution in [-0.4, -0.2) is 10.2 Å². The van der Waals surface area contributed by atoms with Gasteiger partial charge in [0.05, 0.1) is 10.8 Å². The highest BCUT2D eigenvalue weighted by Crippen LogP contribution is 2.28. The summed E-state index contributed by atoms with van der Waals surface area (Å²) in [7, 11) is 0. The van der Waals surface area contributed by atoms with Crippen LogP contribution in [0.1, 0.15) is 13.8 Å². The van der Waals surface area contributed by atoms with Crippen molar-refractivity contribution in [1.29, 1.82) is 0 Å². The number of allylic oxidation sites excluding steroid dienone is 2. The molecule has 0 saturated heterocycles. The van der Waals surface area contributed by atoms with Crippen molar-refractivity contribution >= 4 is 55.7 Å². The Morgan fingerprint density at radius 3 is 1.67 bits per heavy atom. The second-order valence-corrected chi connectivity index (χ2v) is 7.75. The molecule has 27 heavy (non-hydrogen) atoms. The summed E-state index contributed by atoms with van der Waals surface area (Å²) in [6, 6.07) is 10.2. The van der Waals surface area contributed by atoms with Gasteiger partial charge in [-0.1, -0.05) is 12.2 Å². The Labute approximate surface area is 164 Å². The molecule has 2 aromatic carbocycles. The van der Waals surface area contributed by atoms with E-state index in [0.717, 1.165) is 23.5 Å². The van der Waals surface area contributed by atoms with E-state index >= 15 is 0 Å². The molecule has 0 aliphatic carbocycles. The van der Waals surface area contributed by atoms with Crippen molar-refractivity contribution in [3.8, 4) is 0 Å².